The van der Waals surface area contributed by atoms with Crippen LogP contribution < -0.4 is 0 Å². The molecule has 0 unspecified atom stereocenters. The van der Waals surface area contributed by atoms with Gasteiger partial charge < -0.3 is 14.4 Å². The Morgan fingerprint density at radius 1 is 1.00 bits per heavy atom. The lowest BCUT2D eigenvalue weighted by Crippen LogP contribution is -2.62. The molecule has 0 radical (unpaired) electrons. The second kappa shape index (κ2) is 8.35. The Morgan fingerprint density at radius 3 is 2.30 bits per heavy atom. The normalized spacial score (nSPS) is 21.9. The minimum absolute atomic E-state index is 0.762. The van der Waals surface area contributed by atoms with Crippen molar-refractivity contribution in [2.45, 2.75) is 51.9 Å². The molecule has 3 heteroatoms. The Morgan fingerprint density at radius 2 is 1.65 bits per heavy atom. The molecular formula is C17H33NO2. The third-order valence-electron chi connectivity index (χ3n) is 5.04. The van der Waals surface area contributed by atoms with Crippen LogP contribution in [0, 0.1) is 11.3 Å². The summed E-state index contributed by atoms with van der Waals surface area (Å²) < 4.78 is 10.7. The molecule has 0 bridgehead atoms. The zero-order valence-corrected chi connectivity index (χ0v) is 13.5. The highest BCUT2D eigenvalue weighted by Crippen LogP contribution is 2.52. The molecule has 1 heterocycles. The molecule has 0 aromatic rings. The Kier molecular flexibility index (Phi) is 6.79. The molecule has 118 valence electrons. The molecular weight excluding hydrogens is 250 g/mol. The Bertz CT molecular complexity index is 256. The van der Waals surface area contributed by atoms with Crippen molar-refractivity contribution in [3.05, 3.63) is 0 Å². The van der Waals surface area contributed by atoms with E-state index in [1.165, 1.54) is 51.7 Å². The first-order valence-electron chi connectivity index (χ1n) is 8.57. The highest BCUT2D eigenvalue weighted by molar-refractivity contribution is 5.03. The van der Waals surface area contributed by atoms with Crippen LogP contribution in [0.15, 0.2) is 0 Å². The highest BCUT2D eigenvalue weighted by Gasteiger charge is 2.50. The molecule has 1 saturated heterocycles. The maximum Gasteiger partial charge on any atom is 0.0466 e. The van der Waals surface area contributed by atoms with Gasteiger partial charge in [-0.1, -0.05) is 13.3 Å². The summed E-state index contributed by atoms with van der Waals surface area (Å²) in [6.45, 7) is 9.06. The van der Waals surface area contributed by atoms with Gasteiger partial charge in [0.1, 0.15) is 0 Å². The molecule has 0 amide bonds. The van der Waals surface area contributed by atoms with Gasteiger partial charge in [0.25, 0.3) is 0 Å². The topological polar surface area (TPSA) is 21.7 Å². The van der Waals surface area contributed by atoms with Crippen molar-refractivity contribution in [1.82, 2.24) is 4.90 Å². The number of unbranched alkanes of at least 4 members (excludes halogenated alkanes) is 2. The number of methoxy groups -OCH3 is 1. The summed E-state index contributed by atoms with van der Waals surface area (Å²) in [5.74, 6) is 1.05. The number of hydrogen-bond acceptors (Lipinski definition) is 3. The summed E-state index contributed by atoms with van der Waals surface area (Å²) in [7, 11) is 1.76. The number of hydrogen-bond donors (Lipinski definition) is 0. The smallest absolute Gasteiger partial charge is 0.0466 e. The van der Waals surface area contributed by atoms with Gasteiger partial charge in [-0.2, -0.15) is 0 Å². The van der Waals surface area contributed by atoms with Crippen LogP contribution in [0.1, 0.15) is 51.9 Å². The fourth-order valence-electron chi connectivity index (χ4n) is 3.86. The van der Waals surface area contributed by atoms with E-state index in [0.717, 1.165) is 44.0 Å². The molecule has 0 N–H and O–H groups in total. The van der Waals surface area contributed by atoms with E-state index >= 15 is 0 Å². The molecule has 0 aromatic carbocycles. The lowest BCUT2D eigenvalue weighted by atomic mass is 9.57. The predicted octanol–water partition coefficient (Wildman–Crippen LogP) is 3.33. The van der Waals surface area contributed by atoms with Crippen LogP contribution in [0.2, 0.25) is 0 Å². The summed E-state index contributed by atoms with van der Waals surface area (Å²) in [5.41, 5.74) is 0.762. The second-order valence-electron chi connectivity index (χ2n) is 6.91. The molecule has 2 fully saturated rings. The standard InChI is InChI=1S/C17H33NO2/c1-3-16-12-17(13-16)14-18(15-17)8-4-5-10-20-11-7-6-9-19-2/h16H,3-15H2,1-2H3. The Balaban J connectivity index is 1.33. The van der Waals surface area contributed by atoms with Gasteiger partial charge >= 0.3 is 0 Å². The molecule has 2 rings (SSSR count). The van der Waals surface area contributed by atoms with Gasteiger partial charge in [0, 0.05) is 40.0 Å². The first kappa shape index (κ1) is 16.3. The van der Waals surface area contributed by atoms with Crippen LogP contribution >= 0.6 is 0 Å². The van der Waals surface area contributed by atoms with E-state index in [0.29, 0.717) is 0 Å². The largest absolute Gasteiger partial charge is 0.385 e. The average molecular weight is 283 g/mol. The van der Waals surface area contributed by atoms with E-state index in [4.69, 9.17) is 9.47 Å². The van der Waals surface area contributed by atoms with E-state index in [-0.39, 0.29) is 0 Å². The molecule has 1 saturated carbocycles. The maximum atomic E-state index is 5.64. The number of nitrogens with zero attached hydrogens (tertiary/aromatic N) is 1. The van der Waals surface area contributed by atoms with Crippen LogP contribution in [-0.4, -0.2) is 51.5 Å². The number of likely N-dealkylation sites (tertiary alicyclic amines) is 1. The monoisotopic (exact) mass is 283 g/mol. The molecule has 0 aromatic heterocycles. The lowest BCUT2D eigenvalue weighted by Gasteiger charge is -2.59. The molecule has 1 aliphatic heterocycles. The predicted molar refractivity (Wildman–Crippen MR) is 83.1 cm³/mol. The van der Waals surface area contributed by atoms with Gasteiger partial charge in [-0.25, -0.2) is 0 Å². The van der Waals surface area contributed by atoms with Crippen LogP contribution in [0.25, 0.3) is 0 Å². The molecule has 2 aliphatic rings. The van der Waals surface area contributed by atoms with Crippen LogP contribution in [0.3, 0.4) is 0 Å². The van der Waals surface area contributed by atoms with Gasteiger partial charge in [0.15, 0.2) is 0 Å². The zero-order chi connectivity index (χ0) is 14.3. The minimum atomic E-state index is 0.762. The van der Waals surface area contributed by atoms with Crippen LogP contribution in [0.5, 0.6) is 0 Å². The molecule has 0 atom stereocenters. The second-order valence-corrected chi connectivity index (χ2v) is 6.91. The van der Waals surface area contributed by atoms with Gasteiger partial charge in [0.05, 0.1) is 0 Å². The molecule has 1 spiro atoms. The van der Waals surface area contributed by atoms with E-state index < -0.39 is 0 Å². The third kappa shape index (κ3) is 4.71. The zero-order valence-electron chi connectivity index (χ0n) is 13.5. The maximum absolute atomic E-state index is 5.64. The van der Waals surface area contributed by atoms with E-state index in [2.05, 4.69) is 11.8 Å². The number of ether oxygens (including phenoxy) is 2. The first-order valence-corrected chi connectivity index (χ1v) is 8.57. The highest BCUT2D eigenvalue weighted by atomic mass is 16.5. The van der Waals surface area contributed by atoms with Gasteiger partial charge in [-0.05, 0) is 56.4 Å². The average Bonchev–Trinajstić information content (AvgIpc) is 2.36. The van der Waals surface area contributed by atoms with Crippen molar-refractivity contribution in [3.63, 3.8) is 0 Å². The van der Waals surface area contributed by atoms with Gasteiger partial charge in [0.2, 0.25) is 0 Å². The summed E-state index contributed by atoms with van der Waals surface area (Å²) in [6.07, 6.45) is 9.15. The lowest BCUT2D eigenvalue weighted by molar-refractivity contribution is -0.0952. The first-order chi connectivity index (χ1) is 9.78. The van der Waals surface area contributed by atoms with E-state index in [1.54, 1.807) is 7.11 Å². The molecule has 20 heavy (non-hydrogen) atoms. The van der Waals surface area contributed by atoms with E-state index in [9.17, 15) is 0 Å². The van der Waals surface area contributed by atoms with Crippen molar-refractivity contribution in [1.29, 1.82) is 0 Å². The quantitative estimate of drug-likeness (QED) is 0.543. The van der Waals surface area contributed by atoms with Crippen molar-refractivity contribution in [2.24, 2.45) is 11.3 Å². The van der Waals surface area contributed by atoms with Gasteiger partial charge in [-0.3, -0.25) is 0 Å². The summed E-state index contributed by atoms with van der Waals surface area (Å²) >= 11 is 0. The van der Waals surface area contributed by atoms with Crippen molar-refractivity contribution in [3.8, 4) is 0 Å². The van der Waals surface area contributed by atoms with Crippen LogP contribution in [0.4, 0.5) is 0 Å². The summed E-state index contributed by atoms with van der Waals surface area (Å²) in [4.78, 5) is 2.64. The third-order valence-corrected chi connectivity index (χ3v) is 5.04. The molecule has 3 nitrogen and oxygen atoms in total. The van der Waals surface area contributed by atoms with Gasteiger partial charge in [-0.15, -0.1) is 0 Å². The summed E-state index contributed by atoms with van der Waals surface area (Å²) in [6, 6.07) is 0. The number of rotatable bonds is 11. The van der Waals surface area contributed by atoms with Crippen molar-refractivity contribution in [2.75, 3.05) is 46.6 Å². The fourth-order valence-corrected chi connectivity index (χ4v) is 3.86. The molecule has 1 aliphatic carbocycles. The minimum Gasteiger partial charge on any atom is -0.385 e. The SMILES string of the molecule is CCC1CC2(C1)CN(CCCCOCCCCOC)C2. The Labute approximate surface area is 125 Å². The van der Waals surface area contributed by atoms with Crippen molar-refractivity contribution < 1.29 is 9.47 Å². The summed E-state index contributed by atoms with van der Waals surface area (Å²) in [5, 5.41) is 0. The van der Waals surface area contributed by atoms with Crippen molar-refractivity contribution >= 4 is 0 Å². The van der Waals surface area contributed by atoms with Crippen LogP contribution in [-0.2, 0) is 9.47 Å². The Hall–Kier alpha value is -0.120. The van der Waals surface area contributed by atoms with E-state index in [1.807, 2.05) is 0 Å². The fraction of sp³-hybridized carbons (Fsp3) is 1.00.